The molecule has 0 saturated heterocycles. The maximum absolute atomic E-state index is 12.5. The number of oxazole rings is 1. The maximum Gasteiger partial charge on any atom is 0.417 e. The molecule has 126 valence electrons. The Hall–Kier alpha value is -2.98. The van der Waals surface area contributed by atoms with E-state index in [0.29, 0.717) is 16.9 Å². The zero-order valence-electron chi connectivity index (χ0n) is 12.5. The number of benzene rings is 1. The normalized spacial score (nSPS) is 11.7. The summed E-state index contributed by atoms with van der Waals surface area (Å²) >= 11 is 1.15. The van der Waals surface area contributed by atoms with Crippen LogP contribution in [0.4, 0.5) is 5.13 Å². The van der Waals surface area contributed by atoms with E-state index in [9.17, 15) is 13.2 Å². The van der Waals surface area contributed by atoms with Crippen molar-refractivity contribution in [1.82, 2.24) is 15.0 Å². The number of hydrogen-bond donors (Lipinski definition) is 2. The van der Waals surface area contributed by atoms with Crippen LogP contribution in [0.25, 0.3) is 22.5 Å². The van der Waals surface area contributed by atoms with Crippen LogP contribution in [-0.4, -0.2) is 23.4 Å². The first kappa shape index (κ1) is 15.5. The van der Waals surface area contributed by atoms with Gasteiger partial charge in [-0.2, -0.15) is 0 Å². The molecule has 0 bridgehead atoms. The SMILES string of the molecule is O=c1[nH]c2ccc(S(=O)(=O)Nc3nc(-c4ccccn4)cs3)cc2o1. The lowest BCUT2D eigenvalue weighted by atomic mass is 10.3. The van der Waals surface area contributed by atoms with Crippen LogP contribution in [0, 0.1) is 0 Å². The molecule has 0 radical (unpaired) electrons. The van der Waals surface area contributed by atoms with Gasteiger partial charge in [-0.1, -0.05) is 6.07 Å². The monoisotopic (exact) mass is 374 g/mol. The fraction of sp³-hybridized carbons (Fsp3) is 0. The number of thiazole rings is 1. The fourth-order valence-electron chi connectivity index (χ4n) is 2.22. The minimum Gasteiger partial charge on any atom is -0.408 e. The van der Waals surface area contributed by atoms with Gasteiger partial charge in [-0.05, 0) is 24.3 Å². The lowest BCUT2D eigenvalue weighted by Crippen LogP contribution is -2.12. The van der Waals surface area contributed by atoms with E-state index in [2.05, 4.69) is 19.7 Å². The molecule has 0 saturated carbocycles. The Labute approximate surface area is 145 Å². The number of anilines is 1. The summed E-state index contributed by atoms with van der Waals surface area (Å²) < 4.78 is 32.3. The van der Waals surface area contributed by atoms with Crippen molar-refractivity contribution in [3.8, 4) is 11.4 Å². The Bertz CT molecular complexity index is 1210. The lowest BCUT2D eigenvalue weighted by molar-refractivity contribution is 0.554. The highest BCUT2D eigenvalue weighted by molar-refractivity contribution is 7.93. The predicted molar refractivity (Wildman–Crippen MR) is 93.0 cm³/mol. The second-order valence-corrected chi connectivity index (χ2v) is 7.57. The smallest absolute Gasteiger partial charge is 0.408 e. The third-order valence-electron chi connectivity index (χ3n) is 3.36. The molecule has 4 rings (SSSR count). The fourth-order valence-corrected chi connectivity index (χ4v) is 4.19. The highest BCUT2D eigenvalue weighted by atomic mass is 32.2. The van der Waals surface area contributed by atoms with Crippen molar-refractivity contribution in [3.05, 3.63) is 58.5 Å². The maximum atomic E-state index is 12.5. The molecule has 3 heterocycles. The highest BCUT2D eigenvalue weighted by Gasteiger charge is 2.18. The molecule has 2 N–H and O–H groups in total. The van der Waals surface area contributed by atoms with E-state index in [4.69, 9.17) is 4.42 Å². The number of sulfonamides is 1. The number of H-pyrrole nitrogens is 1. The van der Waals surface area contributed by atoms with Crippen molar-refractivity contribution in [1.29, 1.82) is 0 Å². The van der Waals surface area contributed by atoms with Crippen LogP contribution < -0.4 is 10.5 Å². The van der Waals surface area contributed by atoms with Crippen LogP contribution in [0.3, 0.4) is 0 Å². The van der Waals surface area contributed by atoms with E-state index >= 15 is 0 Å². The molecule has 0 aliphatic rings. The van der Waals surface area contributed by atoms with Gasteiger partial charge in [-0.15, -0.1) is 11.3 Å². The largest absolute Gasteiger partial charge is 0.417 e. The van der Waals surface area contributed by atoms with Crippen LogP contribution in [0.1, 0.15) is 0 Å². The van der Waals surface area contributed by atoms with E-state index < -0.39 is 15.8 Å². The van der Waals surface area contributed by atoms with Crippen LogP contribution in [0.5, 0.6) is 0 Å². The second-order valence-electron chi connectivity index (χ2n) is 5.03. The Morgan fingerprint density at radius 1 is 1.16 bits per heavy atom. The minimum absolute atomic E-state index is 0.0302. The van der Waals surface area contributed by atoms with Gasteiger partial charge in [0.1, 0.15) is 5.69 Å². The summed E-state index contributed by atoms with van der Waals surface area (Å²) in [6.45, 7) is 0. The molecule has 8 nitrogen and oxygen atoms in total. The van der Waals surface area contributed by atoms with Gasteiger partial charge < -0.3 is 4.42 Å². The number of nitrogens with zero attached hydrogens (tertiary/aromatic N) is 2. The summed E-state index contributed by atoms with van der Waals surface area (Å²) in [7, 11) is -3.86. The number of nitrogens with one attached hydrogen (secondary N) is 2. The number of pyridine rings is 1. The van der Waals surface area contributed by atoms with Crippen LogP contribution in [0.15, 0.2) is 62.1 Å². The number of aromatic amines is 1. The molecular formula is C15H10N4O4S2. The Morgan fingerprint density at radius 2 is 2.04 bits per heavy atom. The number of fused-ring (bicyclic) bond motifs is 1. The molecule has 4 aromatic rings. The molecule has 1 aromatic carbocycles. The quantitative estimate of drug-likeness (QED) is 0.566. The third kappa shape index (κ3) is 3.04. The summed E-state index contributed by atoms with van der Waals surface area (Å²) in [6, 6.07) is 9.53. The average Bonchev–Trinajstić information content (AvgIpc) is 3.20. The second kappa shape index (κ2) is 5.83. The Morgan fingerprint density at radius 3 is 2.84 bits per heavy atom. The standard InChI is InChI=1S/C15H10N4O4S2/c20-15-18-11-5-4-9(7-13(11)23-15)25(21,22)19-14-17-12(8-24-14)10-3-1-2-6-16-10/h1-8H,(H,17,19)(H,18,20). The third-order valence-corrected chi connectivity index (χ3v) is 5.58. The van der Waals surface area contributed by atoms with Crippen LogP contribution in [0.2, 0.25) is 0 Å². The van der Waals surface area contributed by atoms with Gasteiger partial charge in [-0.3, -0.25) is 14.7 Å². The van der Waals surface area contributed by atoms with E-state index in [-0.39, 0.29) is 15.6 Å². The van der Waals surface area contributed by atoms with Crippen LogP contribution >= 0.6 is 11.3 Å². The summed E-state index contributed by atoms with van der Waals surface area (Å²) in [5.74, 6) is -0.641. The van der Waals surface area contributed by atoms with Gasteiger partial charge in [0.15, 0.2) is 10.7 Å². The molecule has 0 amide bonds. The van der Waals surface area contributed by atoms with Crippen LogP contribution in [-0.2, 0) is 10.0 Å². The molecule has 0 fully saturated rings. The Balaban J connectivity index is 1.64. The first-order valence-electron chi connectivity index (χ1n) is 7.04. The lowest BCUT2D eigenvalue weighted by Gasteiger charge is -2.04. The predicted octanol–water partition coefficient (Wildman–Crippen LogP) is 2.44. The van der Waals surface area contributed by atoms with Gasteiger partial charge in [0.2, 0.25) is 0 Å². The van der Waals surface area contributed by atoms with Crippen molar-refractivity contribution >= 4 is 37.6 Å². The first-order valence-corrected chi connectivity index (χ1v) is 9.40. The molecular weight excluding hydrogens is 364 g/mol. The number of hydrogen-bond acceptors (Lipinski definition) is 7. The topological polar surface area (TPSA) is 118 Å². The number of aromatic nitrogens is 3. The molecule has 3 aromatic heterocycles. The van der Waals surface area contributed by atoms with Gasteiger partial charge in [-0.25, -0.2) is 18.2 Å². The van der Waals surface area contributed by atoms with Gasteiger partial charge in [0, 0.05) is 17.6 Å². The van der Waals surface area contributed by atoms with Crippen molar-refractivity contribution < 1.29 is 12.8 Å². The van der Waals surface area contributed by atoms with Gasteiger partial charge >= 0.3 is 5.76 Å². The van der Waals surface area contributed by atoms with E-state index in [1.165, 1.54) is 18.2 Å². The first-order chi connectivity index (χ1) is 12.0. The van der Waals surface area contributed by atoms with Gasteiger partial charge in [0.25, 0.3) is 10.0 Å². The highest BCUT2D eigenvalue weighted by Crippen LogP contribution is 2.26. The molecule has 10 heteroatoms. The summed E-state index contributed by atoms with van der Waals surface area (Å²) in [6.07, 6.45) is 1.64. The number of rotatable bonds is 4. The molecule has 0 unspecified atom stereocenters. The zero-order chi connectivity index (χ0) is 17.4. The average molecular weight is 374 g/mol. The van der Waals surface area contributed by atoms with Crippen molar-refractivity contribution in [2.75, 3.05) is 4.72 Å². The summed E-state index contributed by atoms with van der Waals surface area (Å²) in [4.78, 5) is 22.0. The van der Waals surface area contributed by atoms with Crippen molar-refractivity contribution in [3.63, 3.8) is 0 Å². The van der Waals surface area contributed by atoms with Crippen molar-refractivity contribution in [2.24, 2.45) is 0 Å². The zero-order valence-corrected chi connectivity index (χ0v) is 14.1. The van der Waals surface area contributed by atoms with E-state index in [1.807, 2.05) is 6.07 Å². The Kier molecular flexibility index (Phi) is 3.62. The molecule has 0 spiro atoms. The molecule has 0 aliphatic heterocycles. The minimum atomic E-state index is -3.86. The summed E-state index contributed by atoms with van der Waals surface area (Å²) in [5.41, 5.74) is 1.83. The molecule has 0 atom stereocenters. The van der Waals surface area contributed by atoms with E-state index in [1.54, 1.807) is 23.7 Å². The molecule has 25 heavy (non-hydrogen) atoms. The van der Waals surface area contributed by atoms with Crippen molar-refractivity contribution in [2.45, 2.75) is 4.90 Å². The summed E-state index contributed by atoms with van der Waals surface area (Å²) in [5, 5.41) is 1.94. The van der Waals surface area contributed by atoms with Gasteiger partial charge in [0.05, 0.1) is 16.1 Å². The molecule has 0 aliphatic carbocycles. The van der Waals surface area contributed by atoms with E-state index in [0.717, 1.165) is 11.3 Å².